The first kappa shape index (κ1) is 22.5. The molecule has 1 aromatic heterocycles. The number of carbonyl (C=O) groups is 1. The van der Waals surface area contributed by atoms with Crippen LogP contribution < -0.4 is 10.2 Å². The van der Waals surface area contributed by atoms with E-state index < -0.39 is 0 Å². The second-order valence-electron chi connectivity index (χ2n) is 9.69. The Morgan fingerprint density at radius 2 is 1.71 bits per heavy atom. The second-order valence-corrected chi connectivity index (χ2v) is 9.69. The van der Waals surface area contributed by atoms with E-state index in [-0.39, 0.29) is 11.4 Å². The zero-order chi connectivity index (χ0) is 23.4. The summed E-state index contributed by atoms with van der Waals surface area (Å²) in [6, 6.07) is 20.9. The van der Waals surface area contributed by atoms with E-state index in [0.717, 1.165) is 50.6 Å². The molecule has 0 spiro atoms. The van der Waals surface area contributed by atoms with Crippen molar-refractivity contribution in [3.8, 4) is 0 Å². The highest BCUT2D eigenvalue weighted by Gasteiger charge is 2.42. The number of anilines is 2. The predicted octanol–water partition coefficient (Wildman–Crippen LogP) is 4.96. The first-order valence-electron chi connectivity index (χ1n) is 12.4. The quantitative estimate of drug-likeness (QED) is 0.589. The van der Waals surface area contributed by atoms with Crippen LogP contribution in [-0.2, 0) is 5.54 Å². The molecule has 6 heteroatoms. The second kappa shape index (κ2) is 9.94. The number of hydrogen-bond donors (Lipinski definition) is 1. The first-order valence-corrected chi connectivity index (χ1v) is 12.4. The van der Waals surface area contributed by atoms with Crippen LogP contribution in [0.4, 0.5) is 11.4 Å². The van der Waals surface area contributed by atoms with Gasteiger partial charge in [0.1, 0.15) is 0 Å². The molecule has 1 amide bonds. The highest BCUT2D eigenvalue weighted by Crippen LogP contribution is 2.45. The minimum Gasteiger partial charge on any atom is -0.369 e. The Labute approximate surface area is 202 Å². The zero-order valence-corrected chi connectivity index (χ0v) is 19.9. The summed E-state index contributed by atoms with van der Waals surface area (Å²) < 4.78 is 0. The van der Waals surface area contributed by atoms with Crippen LogP contribution >= 0.6 is 0 Å². The molecule has 1 saturated heterocycles. The normalized spacial score (nSPS) is 23.4. The number of benzene rings is 2. The van der Waals surface area contributed by atoms with Gasteiger partial charge in [-0.15, -0.1) is 0 Å². The molecule has 2 aromatic carbocycles. The lowest BCUT2D eigenvalue weighted by Gasteiger charge is -2.51. The molecule has 176 valence electrons. The Morgan fingerprint density at radius 3 is 2.41 bits per heavy atom. The lowest BCUT2D eigenvalue weighted by atomic mass is 9.71. The average molecular weight is 456 g/mol. The highest BCUT2D eigenvalue weighted by atomic mass is 16.1. The summed E-state index contributed by atoms with van der Waals surface area (Å²) in [4.78, 5) is 17.9. The Kier molecular flexibility index (Phi) is 6.59. The van der Waals surface area contributed by atoms with Gasteiger partial charge in [-0.2, -0.15) is 10.2 Å². The number of piperazine rings is 1. The van der Waals surface area contributed by atoms with Gasteiger partial charge >= 0.3 is 0 Å². The minimum absolute atomic E-state index is 0.0221. The third-order valence-electron chi connectivity index (χ3n) is 7.61. The van der Waals surface area contributed by atoms with Crippen LogP contribution in [0.1, 0.15) is 48.5 Å². The summed E-state index contributed by atoms with van der Waals surface area (Å²) in [7, 11) is 0. The average Bonchev–Trinajstić information content (AvgIpc) is 2.91. The number of nitrogens with zero attached hydrogens (tertiary/aromatic N) is 4. The van der Waals surface area contributed by atoms with Gasteiger partial charge in [0.05, 0.1) is 18.0 Å². The molecular formula is C28H33N5O. The molecular weight excluding hydrogens is 422 g/mol. The molecule has 1 aliphatic heterocycles. The number of amides is 1. The molecule has 1 saturated carbocycles. The molecule has 1 N–H and O–H groups in total. The van der Waals surface area contributed by atoms with Gasteiger partial charge in [-0.05, 0) is 67.5 Å². The number of aromatic nitrogens is 2. The third kappa shape index (κ3) is 4.68. The molecule has 6 nitrogen and oxygen atoms in total. The number of para-hydroxylation sites is 1. The maximum absolute atomic E-state index is 12.7. The van der Waals surface area contributed by atoms with Crippen molar-refractivity contribution < 1.29 is 4.79 Å². The van der Waals surface area contributed by atoms with Crippen LogP contribution in [0.15, 0.2) is 73.1 Å². The number of carbonyl (C=O) groups excluding carboxylic acids is 1. The first-order chi connectivity index (χ1) is 16.6. The number of nitrogens with one attached hydrogen (secondary N) is 1. The van der Waals surface area contributed by atoms with Crippen molar-refractivity contribution in [2.45, 2.75) is 38.1 Å². The van der Waals surface area contributed by atoms with Gasteiger partial charge in [0.25, 0.3) is 5.91 Å². The van der Waals surface area contributed by atoms with E-state index in [4.69, 9.17) is 0 Å². The van der Waals surface area contributed by atoms with E-state index in [1.807, 2.05) is 6.07 Å². The topological polar surface area (TPSA) is 61.4 Å². The molecule has 0 atom stereocenters. The summed E-state index contributed by atoms with van der Waals surface area (Å²) in [6.45, 7) is 6.53. The summed E-state index contributed by atoms with van der Waals surface area (Å²) in [5.41, 5.74) is 4.00. The Bertz CT molecular complexity index is 1090. The molecule has 34 heavy (non-hydrogen) atoms. The van der Waals surface area contributed by atoms with E-state index in [2.05, 4.69) is 80.8 Å². The molecule has 0 radical (unpaired) electrons. The van der Waals surface area contributed by atoms with Crippen molar-refractivity contribution in [2.75, 3.05) is 36.4 Å². The van der Waals surface area contributed by atoms with Crippen molar-refractivity contribution in [1.82, 2.24) is 15.1 Å². The van der Waals surface area contributed by atoms with E-state index in [1.165, 1.54) is 30.3 Å². The maximum Gasteiger partial charge on any atom is 0.257 e. The third-order valence-corrected chi connectivity index (χ3v) is 7.61. The lowest BCUT2D eigenvalue weighted by Crippen LogP contribution is -2.56. The summed E-state index contributed by atoms with van der Waals surface area (Å²) in [5, 5.41) is 10.6. The molecule has 0 unspecified atom stereocenters. The van der Waals surface area contributed by atoms with Crippen molar-refractivity contribution in [1.29, 1.82) is 0 Å². The van der Waals surface area contributed by atoms with E-state index in [0.29, 0.717) is 5.56 Å². The molecule has 2 aliphatic rings. The smallest absolute Gasteiger partial charge is 0.257 e. The largest absolute Gasteiger partial charge is 0.369 e. The zero-order valence-electron chi connectivity index (χ0n) is 19.9. The van der Waals surface area contributed by atoms with Crippen molar-refractivity contribution in [2.24, 2.45) is 5.92 Å². The van der Waals surface area contributed by atoms with Crippen LogP contribution in [-0.4, -0.2) is 47.2 Å². The Morgan fingerprint density at radius 1 is 0.941 bits per heavy atom. The molecule has 2 fully saturated rings. The predicted molar refractivity (Wildman–Crippen MR) is 136 cm³/mol. The van der Waals surface area contributed by atoms with Gasteiger partial charge in [-0.3, -0.25) is 9.69 Å². The Balaban J connectivity index is 1.37. The van der Waals surface area contributed by atoms with Gasteiger partial charge in [-0.1, -0.05) is 37.3 Å². The van der Waals surface area contributed by atoms with Gasteiger partial charge in [0.2, 0.25) is 0 Å². The molecule has 0 bridgehead atoms. The minimum atomic E-state index is -0.158. The van der Waals surface area contributed by atoms with Crippen molar-refractivity contribution in [3.63, 3.8) is 0 Å². The number of hydrogen-bond acceptors (Lipinski definition) is 5. The molecule has 5 rings (SSSR count). The van der Waals surface area contributed by atoms with Crippen LogP contribution in [0.3, 0.4) is 0 Å². The van der Waals surface area contributed by atoms with E-state index in [9.17, 15) is 4.79 Å². The van der Waals surface area contributed by atoms with Crippen LogP contribution in [0.2, 0.25) is 0 Å². The van der Waals surface area contributed by atoms with Gasteiger partial charge < -0.3 is 10.2 Å². The SMILES string of the molecule is CC1CCC(c2cccc(NC(=O)c3ccnnc3)c2)(N2CCN(c3ccccc3)CC2)CC1. The van der Waals surface area contributed by atoms with Gasteiger partial charge in [0, 0.05) is 43.1 Å². The summed E-state index contributed by atoms with van der Waals surface area (Å²) >= 11 is 0. The monoisotopic (exact) mass is 455 g/mol. The van der Waals surface area contributed by atoms with Crippen LogP contribution in [0, 0.1) is 5.92 Å². The Hall–Kier alpha value is -3.25. The fourth-order valence-electron chi connectivity index (χ4n) is 5.57. The van der Waals surface area contributed by atoms with E-state index in [1.54, 1.807) is 12.3 Å². The molecule has 3 aromatic rings. The van der Waals surface area contributed by atoms with E-state index >= 15 is 0 Å². The lowest BCUT2D eigenvalue weighted by molar-refractivity contribution is 0.0299. The molecule has 2 heterocycles. The van der Waals surface area contributed by atoms with Crippen LogP contribution in [0.25, 0.3) is 0 Å². The van der Waals surface area contributed by atoms with Crippen molar-refractivity contribution >= 4 is 17.3 Å². The van der Waals surface area contributed by atoms with Crippen LogP contribution in [0.5, 0.6) is 0 Å². The van der Waals surface area contributed by atoms with Crippen molar-refractivity contribution in [3.05, 3.63) is 84.2 Å². The standard InChI is InChI=1S/C28H33N5O/c1-22-10-13-28(14-11-22,33-18-16-32(17-19-33)26-8-3-2-4-9-26)24-6-5-7-25(20-24)31-27(34)23-12-15-29-30-21-23/h2-9,12,15,20-22H,10-11,13-14,16-19H2,1H3,(H,31,34). The van der Waals surface area contributed by atoms with Gasteiger partial charge in [-0.25, -0.2) is 0 Å². The van der Waals surface area contributed by atoms with Gasteiger partial charge in [0.15, 0.2) is 0 Å². The number of rotatable bonds is 5. The fraction of sp³-hybridized carbons (Fsp3) is 0.393. The fourth-order valence-corrected chi connectivity index (χ4v) is 5.57. The highest BCUT2D eigenvalue weighted by molar-refractivity contribution is 6.04. The maximum atomic E-state index is 12.7. The molecule has 1 aliphatic carbocycles. The summed E-state index contributed by atoms with van der Waals surface area (Å²) in [6.07, 6.45) is 7.82. The summed E-state index contributed by atoms with van der Waals surface area (Å²) in [5.74, 6) is 0.607.